The highest BCUT2D eigenvalue weighted by atomic mass is 32.1. The SMILES string of the molecule is COC(=O)c1cccc(NC(=O)c2cc3c(nc4sccn43)s2)c1. The summed E-state index contributed by atoms with van der Waals surface area (Å²) in [6, 6.07) is 8.46. The number of nitrogens with one attached hydrogen (secondary N) is 1. The van der Waals surface area contributed by atoms with E-state index < -0.39 is 5.97 Å². The Labute approximate surface area is 144 Å². The maximum atomic E-state index is 12.5. The first kappa shape index (κ1) is 14.9. The standard InChI is InChI=1S/C16H11N3O3S2/c1-22-15(21)9-3-2-4-10(7-9)17-13(20)12-8-11-14(24-12)18-16-19(11)5-6-23-16/h2-8H,1H3,(H,17,20). The van der Waals surface area contributed by atoms with Crippen molar-refractivity contribution in [1.82, 2.24) is 9.38 Å². The second-order valence-electron chi connectivity index (χ2n) is 4.99. The molecule has 1 aromatic carbocycles. The summed E-state index contributed by atoms with van der Waals surface area (Å²) in [5, 5.41) is 4.76. The minimum atomic E-state index is -0.443. The highest BCUT2D eigenvalue weighted by Gasteiger charge is 2.15. The number of methoxy groups -OCH3 is 1. The average molecular weight is 357 g/mol. The third kappa shape index (κ3) is 2.45. The van der Waals surface area contributed by atoms with E-state index in [2.05, 4.69) is 15.0 Å². The molecule has 1 amide bonds. The Bertz CT molecular complexity index is 1080. The smallest absolute Gasteiger partial charge is 0.337 e. The number of thiophene rings is 1. The van der Waals surface area contributed by atoms with Crippen LogP contribution in [0.25, 0.3) is 15.3 Å². The van der Waals surface area contributed by atoms with Crippen LogP contribution in [0.2, 0.25) is 0 Å². The van der Waals surface area contributed by atoms with Gasteiger partial charge < -0.3 is 10.1 Å². The van der Waals surface area contributed by atoms with Gasteiger partial charge in [-0.1, -0.05) is 6.07 Å². The van der Waals surface area contributed by atoms with Gasteiger partial charge in [0.15, 0.2) is 4.96 Å². The van der Waals surface area contributed by atoms with Crippen molar-refractivity contribution in [3.63, 3.8) is 0 Å². The Morgan fingerprint density at radius 3 is 3.00 bits per heavy atom. The number of imidazole rings is 1. The summed E-state index contributed by atoms with van der Waals surface area (Å²) in [5.41, 5.74) is 1.85. The number of carbonyl (C=O) groups excluding carboxylic acids is 2. The van der Waals surface area contributed by atoms with Crippen LogP contribution in [-0.4, -0.2) is 28.4 Å². The van der Waals surface area contributed by atoms with Gasteiger partial charge in [-0.2, -0.15) is 0 Å². The lowest BCUT2D eigenvalue weighted by Gasteiger charge is -2.05. The van der Waals surface area contributed by atoms with Crippen LogP contribution in [0, 0.1) is 0 Å². The molecular weight excluding hydrogens is 346 g/mol. The number of anilines is 1. The highest BCUT2D eigenvalue weighted by Crippen LogP contribution is 2.28. The molecule has 0 aliphatic heterocycles. The molecule has 120 valence electrons. The first-order valence-corrected chi connectivity index (χ1v) is 8.70. The number of hydrogen-bond donors (Lipinski definition) is 1. The number of hydrogen-bond acceptors (Lipinski definition) is 6. The molecule has 1 N–H and O–H groups in total. The summed E-state index contributed by atoms with van der Waals surface area (Å²) < 4.78 is 6.65. The van der Waals surface area contributed by atoms with Crippen LogP contribution in [0.4, 0.5) is 5.69 Å². The monoisotopic (exact) mass is 357 g/mol. The summed E-state index contributed by atoms with van der Waals surface area (Å²) in [7, 11) is 1.32. The zero-order valence-electron chi connectivity index (χ0n) is 12.5. The Morgan fingerprint density at radius 2 is 2.17 bits per heavy atom. The van der Waals surface area contributed by atoms with E-state index in [4.69, 9.17) is 0 Å². The van der Waals surface area contributed by atoms with Gasteiger partial charge >= 0.3 is 5.97 Å². The Hall–Kier alpha value is -2.71. The van der Waals surface area contributed by atoms with E-state index in [1.165, 1.54) is 18.4 Å². The number of carbonyl (C=O) groups is 2. The maximum Gasteiger partial charge on any atom is 0.337 e. The van der Waals surface area contributed by atoms with Gasteiger partial charge in [-0.3, -0.25) is 9.20 Å². The minimum Gasteiger partial charge on any atom is -0.465 e. The molecule has 0 atom stereocenters. The third-order valence-corrected chi connectivity index (χ3v) is 5.28. The quantitative estimate of drug-likeness (QED) is 0.568. The van der Waals surface area contributed by atoms with Crippen molar-refractivity contribution in [2.45, 2.75) is 0 Å². The van der Waals surface area contributed by atoms with Gasteiger partial charge in [-0.25, -0.2) is 9.78 Å². The lowest BCUT2D eigenvalue weighted by molar-refractivity contribution is 0.0600. The van der Waals surface area contributed by atoms with Gasteiger partial charge in [0.2, 0.25) is 0 Å². The van der Waals surface area contributed by atoms with E-state index in [0.717, 1.165) is 15.3 Å². The second-order valence-corrected chi connectivity index (χ2v) is 6.90. The van der Waals surface area contributed by atoms with Crippen LogP contribution in [0.5, 0.6) is 0 Å². The normalized spacial score (nSPS) is 11.0. The molecule has 0 aliphatic carbocycles. The zero-order valence-corrected chi connectivity index (χ0v) is 14.1. The minimum absolute atomic E-state index is 0.232. The summed E-state index contributed by atoms with van der Waals surface area (Å²) >= 11 is 2.90. The van der Waals surface area contributed by atoms with E-state index in [1.54, 1.807) is 35.6 Å². The Kier molecular flexibility index (Phi) is 3.55. The number of thiazole rings is 1. The molecule has 4 aromatic rings. The average Bonchev–Trinajstić information content (AvgIpc) is 3.26. The molecule has 0 bridgehead atoms. The Morgan fingerprint density at radius 1 is 1.29 bits per heavy atom. The lowest BCUT2D eigenvalue weighted by atomic mass is 10.2. The molecule has 4 rings (SSSR count). The van der Waals surface area contributed by atoms with Gasteiger partial charge in [-0.05, 0) is 24.3 Å². The zero-order chi connectivity index (χ0) is 16.7. The summed E-state index contributed by atoms with van der Waals surface area (Å²) in [4.78, 5) is 30.8. The van der Waals surface area contributed by atoms with Gasteiger partial charge in [0, 0.05) is 17.3 Å². The molecule has 0 radical (unpaired) electrons. The van der Waals surface area contributed by atoms with Crippen LogP contribution in [0.1, 0.15) is 20.0 Å². The number of aromatic nitrogens is 2. The van der Waals surface area contributed by atoms with Crippen LogP contribution >= 0.6 is 22.7 Å². The number of benzene rings is 1. The lowest BCUT2D eigenvalue weighted by Crippen LogP contribution is -2.11. The Balaban J connectivity index is 1.61. The number of fused-ring (bicyclic) bond motifs is 3. The van der Waals surface area contributed by atoms with E-state index >= 15 is 0 Å². The first-order valence-electron chi connectivity index (χ1n) is 7.00. The molecular formula is C16H11N3O3S2. The van der Waals surface area contributed by atoms with Gasteiger partial charge in [0.05, 0.1) is 23.1 Å². The molecule has 8 heteroatoms. The number of ether oxygens (including phenoxy) is 1. The molecule has 0 spiro atoms. The molecule has 3 heterocycles. The van der Waals surface area contributed by atoms with Crippen LogP contribution < -0.4 is 5.32 Å². The molecule has 0 fully saturated rings. The van der Waals surface area contributed by atoms with E-state index in [1.807, 2.05) is 22.0 Å². The van der Waals surface area contributed by atoms with Gasteiger partial charge in [0.1, 0.15) is 4.83 Å². The van der Waals surface area contributed by atoms with Crippen molar-refractivity contribution in [2.75, 3.05) is 12.4 Å². The van der Waals surface area contributed by atoms with Crippen LogP contribution in [0.3, 0.4) is 0 Å². The molecule has 0 saturated heterocycles. The van der Waals surface area contributed by atoms with Gasteiger partial charge in [-0.15, -0.1) is 22.7 Å². The summed E-state index contributed by atoms with van der Waals surface area (Å²) in [5.74, 6) is -0.676. The highest BCUT2D eigenvalue weighted by molar-refractivity contribution is 7.21. The van der Waals surface area contributed by atoms with E-state index in [-0.39, 0.29) is 5.91 Å². The van der Waals surface area contributed by atoms with Crippen molar-refractivity contribution in [3.8, 4) is 0 Å². The predicted molar refractivity (Wildman–Crippen MR) is 94.2 cm³/mol. The van der Waals surface area contributed by atoms with Crippen molar-refractivity contribution in [1.29, 1.82) is 0 Å². The maximum absolute atomic E-state index is 12.5. The fourth-order valence-electron chi connectivity index (χ4n) is 2.39. The largest absolute Gasteiger partial charge is 0.465 e. The van der Waals surface area contributed by atoms with Gasteiger partial charge in [0.25, 0.3) is 5.91 Å². The number of amides is 1. The number of esters is 1. The third-order valence-electron chi connectivity index (χ3n) is 3.51. The van der Waals surface area contributed by atoms with Crippen LogP contribution in [-0.2, 0) is 4.74 Å². The molecule has 0 aliphatic rings. The molecule has 3 aromatic heterocycles. The summed E-state index contributed by atoms with van der Waals surface area (Å²) in [6.45, 7) is 0. The van der Waals surface area contributed by atoms with Crippen LogP contribution in [0.15, 0.2) is 41.9 Å². The number of rotatable bonds is 3. The fourth-order valence-corrected chi connectivity index (χ4v) is 4.09. The van der Waals surface area contributed by atoms with E-state index in [0.29, 0.717) is 16.1 Å². The van der Waals surface area contributed by atoms with E-state index in [9.17, 15) is 9.59 Å². The predicted octanol–water partition coefficient (Wildman–Crippen LogP) is 3.65. The molecule has 0 unspecified atom stereocenters. The molecule has 0 saturated carbocycles. The fraction of sp³-hybridized carbons (Fsp3) is 0.0625. The summed E-state index contributed by atoms with van der Waals surface area (Å²) in [6.07, 6.45) is 1.93. The molecule has 24 heavy (non-hydrogen) atoms. The second kappa shape index (κ2) is 5.73. The van der Waals surface area contributed by atoms with Crippen molar-refractivity contribution in [2.24, 2.45) is 0 Å². The number of nitrogens with zero attached hydrogens (tertiary/aromatic N) is 2. The van der Waals surface area contributed by atoms with Crippen molar-refractivity contribution < 1.29 is 14.3 Å². The molecule has 6 nitrogen and oxygen atoms in total. The van der Waals surface area contributed by atoms with Crippen molar-refractivity contribution in [3.05, 3.63) is 52.3 Å². The topological polar surface area (TPSA) is 72.7 Å². The van der Waals surface area contributed by atoms with Crippen molar-refractivity contribution >= 4 is 55.5 Å². The first-order chi connectivity index (χ1) is 11.7.